The molecule has 19 heavy (non-hydrogen) atoms. The van der Waals surface area contributed by atoms with Crippen LogP contribution in [0.25, 0.3) is 0 Å². The van der Waals surface area contributed by atoms with Crippen molar-refractivity contribution in [3.05, 3.63) is 23.8 Å². The van der Waals surface area contributed by atoms with Crippen molar-refractivity contribution in [1.82, 2.24) is 5.32 Å². The van der Waals surface area contributed by atoms with Crippen LogP contribution in [0.4, 0.5) is 16.2 Å². The molecule has 4 heteroatoms. The maximum Gasteiger partial charge on any atom is 0.319 e. The molecule has 1 aromatic carbocycles. The van der Waals surface area contributed by atoms with Crippen molar-refractivity contribution in [3.8, 4) is 0 Å². The Balaban J connectivity index is 2.06. The van der Waals surface area contributed by atoms with E-state index < -0.39 is 0 Å². The highest BCUT2D eigenvalue weighted by atomic mass is 16.2. The van der Waals surface area contributed by atoms with Gasteiger partial charge in [0.05, 0.1) is 0 Å². The van der Waals surface area contributed by atoms with Crippen LogP contribution in [0.5, 0.6) is 0 Å². The molecule has 0 bridgehead atoms. The summed E-state index contributed by atoms with van der Waals surface area (Å²) in [6, 6.07) is 6.16. The van der Waals surface area contributed by atoms with E-state index in [9.17, 15) is 4.79 Å². The summed E-state index contributed by atoms with van der Waals surface area (Å²) >= 11 is 0. The molecule has 104 valence electrons. The number of carbonyl (C=O) groups is 1. The molecule has 1 aliphatic heterocycles. The van der Waals surface area contributed by atoms with Gasteiger partial charge in [0.25, 0.3) is 0 Å². The van der Waals surface area contributed by atoms with Crippen molar-refractivity contribution in [2.45, 2.75) is 33.1 Å². The van der Waals surface area contributed by atoms with Gasteiger partial charge in [-0.25, -0.2) is 4.79 Å². The van der Waals surface area contributed by atoms with E-state index >= 15 is 0 Å². The predicted molar refractivity (Wildman–Crippen MR) is 79.9 cm³/mol. The number of carbonyl (C=O) groups excluding carboxylic acids is 1. The summed E-state index contributed by atoms with van der Waals surface area (Å²) in [7, 11) is 0. The van der Waals surface area contributed by atoms with Crippen LogP contribution >= 0.6 is 0 Å². The van der Waals surface area contributed by atoms with Crippen molar-refractivity contribution >= 4 is 17.4 Å². The van der Waals surface area contributed by atoms with Gasteiger partial charge in [0, 0.05) is 31.0 Å². The molecule has 4 nitrogen and oxygen atoms in total. The van der Waals surface area contributed by atoms with Crippen molar-refractivity contribution in [3.63, 3.8) is 0 Å². The number of anilines is 2. The average molecular weight is 261 g/mol. The largest absolute Gasteiger partial charge is 0.371 e. The Hall–Kier alpha value is -1.71. The summed E-state index contributed by atoms with van der Waals surface area (Å²) in [5, 5.41) is 5.77. The minimum Gasteiger partial charge on any atom is -0.371 e. The van der Waals surface area contributed by atoms with Crippen molar-refractivity contribution in [1.29, 1.82) is 0 Å². The fraction of sp³-hybridized carbons (Fsp3) is 0.533. The molecular weight excluding hydrogens is 238 g/mol. The Kier molecular flexibility index (Phi) is 4.66. The molecule has 1 fully saturated rings. The van der Waals surface area contributed by atoms with E-state index in [2.05, 4.69) is 33.7 Å². The smallest absolute Gasteiger partial charge is 0.319 e. The summed E-state index contributed by atoms with van der Waals surface area (Å²) in [6.07, 6.45) is 3.46. The molecule has 2 amide bonds. The van der Waals surface area contributed by atoms with E-state index in [1.165, 1.54) is 18.5 Å². The lowest BCUT2D eigenvalue weighted by Crippen LogP contribution is -2.29. The Morgan fingerprint density at radius 3 is 2.74 bits per heavy atom. The second-order valence-electron chi connectivity index (χ2n) is 5.07. The number of aryl methyl sites for hydroxylation is 1. The summed E-state index contributed by atoms with van der Waals surface area (Å²) < 4.78 is 0. The molecule has 0 saturated carbocycles. The average Bonchev–Trinajstić information content (AvgIpc) is 2.93. The van der Waals surface area contributed by atoms with Crippen molar-refractivity contribution < 1.29 is 4.79 Å². The minimum absolute atomic E-state index is 0.122. The molecule has 0 atom stereocenters. The van der Waals surface area contributed by atoms with Crippen LogP contribution in [-0.2, 0) is 0 Å². The molecule has 0 spiro atoms. The maximum atomic E-state index is 11.7. The van der Waals surface area contributed by atoms with E-state index in [1.54, 1.807) is 0 Å². The lowest BCUT2D eigenvalue weighted by Gasteiger charge is -2.19. The molecular formula is C15H23N3O. The van der Waals surface area contributed by atoms with Gasteiger partial charge in [-0.15, -0.1) is 0 Å². The Labute approximate surface area is 115 Å². The van der Waals surface area contributed by atoms with E-state index in [0.29, 0.717) is 6.54 Å². The van der Waals surface area contributed by atoms with Crippen LogP contribution in [0, 0.1) is 6.92 Å². The number of rotatable bonds is 4. The third-order valence-corrected chi connectivity index (χ3v) is 3.48. The summed E-state index contributed by atoms with van der Waals surface area (Å²) in [5.74, 6) is 0. The zero-order valence-corrected chi connectivity index (χ0v) is 11.8. The second-order valence-corrected chi connectivity index (χ2v) is 5.07. The van der Waals surface area contributed by atoms with Crippen LogP contribution in [0.2, 0.25) is 0 Å². The highest BCUT2D eigenvalue weighted by Gasteiger charge is 2.13. The van der Waals surface area contributed by atoms with Crippen LogP contribution < -0.4 is 15.5 Å². The van der Waals surface area contributed by atoms with E-state index in [-0.39, 0.29) is 6.03 Å². The molecule has 0 radical (unpaired) electrons. The SMILES string of the molecule is CCCNC(=O)Nc1cc(N2CCCC2)ccc1C. The first-order valence-electron chi connectivity index (χ1n) is 7.11. The lowest BCUT2D eigenvalue weighted by atomic mass is 10.1. The van der Waals surface area contributed by atoms with Gasteiger partial charge in [-0.3, -0.25) is 0 Å². The first-order chi connectivity index (χ1) is 9.20. The second kappa shape index (κ2) is 6.45. The fourth-order valence-electron chi connectivity index (χ4n) is 2.32. The first-order valence-corrected chi connectivity index (χ1v) is 7.11. The fourth-order valence-corrected chi connectivity index (χ4v) is 2.32. The number of nitrogens with one attached hydrogen (secondary N) is 2. The summed E-state index contributed by atoms with van der Waals surface area (Å²) in [4.78, 5) is 14.1. The van der Waals surface area contributed by atoms with E-state index in [1.807, 2.05) is 13.8 Å². The third-order valence-electron chi connectivity index (χ3n) is 3.48. The molecule has 2 rings (SSSR count). The van der Waals surface area contributed by atoms with Gasteiger partial charge in [0.15, 0.2) is 0 Å². The highest BCUT2D eigenvalue weighted by molar-refractivity contribution is 5.90. The molecule has 0 unspecified atom stereocenters. The molecule has 1 heterocycles. The normalized spacial score (nSPS) is 14.5. The maximum absolute atomic E-state index is 11.7. The standard InChI is InChI=1S/C15H23N3O/c1-3-8-16-15(19)17-14-11-13(7-6-12(14)2)18-9-4-5-10-18/h6-7,11H,3-5,8-10H2,1-2H3,(H2,16,17,19). The monoisotopic (exact) mass is 261 g/mol. The topological polar surface area (TPSA) is 44.4 Å². The van der Waals surface area contributed by atoms with Crippen LogP contribution in [-0.4, -0.2) is 25.7 Å². The quantitative estimate of drug-likeness (QED) is 0.874. The first kappa shape index (κ1) is 13.7. The van der Waals surface area contributed by atoms with Gasteiger partial charge in [-0.2, -0.15) is 0 Å². The van der Waals surface area contributed by atoms with Gasteiger partial charge >= 0.3 is 6.03 Å². The van der Waals surface area contributed by atoms with Crippen LogP contribution in [0.1, 0.15) is 31.7 Å². The van der Waals surface area contributed by atoms with Gasteiger partial charge in [-0.1, -0.05) is 13.0 Å². The molecule has 1 aromatic rings. The number of urea groups is 1. The molecule has 0 aliphatic carbocycles. The summed E-state index contributed by atoms with van der Waals surface area (Å²) in [6.45, 7) is 6.99. The van der Waals surface area contributed by atoms with Crippen LogP contribution in [0.15, 0.2) is 18.2 Å². The molecule has 2 N–H and O–H groups in total. The Morgan fingerprint density at radius 1 is 1.32 bits per heavy atom. The zero-order chi connectivity index (χ0) is 13.7. The zero-order valence-electron chi connectivity index (χ0n) is 11.8. The number of nitrogens with zero attached hydrogens (tertiary/aromatic N) is 1. The number of hydrogen-bond acceptors (Lipinski definition) is 2. The Bertz CT molecular complexity index is 439. The van der Waals surface area contributed by atoms with Crippen molar-refractivity contribution in [2.75, 3.05) is 29.9 Å². The number of hydrogen-bond donors (Lipinski definition) is 2. The predicted octanol–water partition coefficient (Wildman–Crippen LogP) is 3.13. The van der Waals surface area contributed by atoms with Gasteiger partial charge in [0.2, 0.25) is 0 Å². The lowest BCUT2D eigenvalue weighted by molar-refractivity contribution is 0.252. The van der Waals surface area contributed by atoms with Crippen LogP contribution in [0.3, 0.4) is 0 Å². The van der Waals surface area contributed by atoms with Gasteiger partial charge in [0.1, 0.15) is 0 Å². The molecule has 0 aromatic heterocycles. The third kappa shape index (κ3) is 3.63. The summed E-state index contributed by atoms with van der Waals surface area (Å²) in [5.41, 5.74) is 3.20. The van der Waals surface area contributed by atoms with E-state index in [0.717, 1.165) is 30.8 Å². The molecule has 1 saturated heterocycles. The van der Waals surface area contributed by atoms with Crippen molar-refractivity contribution in [2.24, 2.45) is 0 Å². The van der Waals surface area contributed by atoms with Gasteiger partial charge < -0.3 is 15.5 Å². The van der Waals surface area contributed by atoms with E-state index in [4.69, 9.17) is 0 Å². The molecule has 1 aliphatic rings. The number of benzene rings is 1. The highest BCUT2D eigenvalue weighted by Crippen LogP contribution is 2.26. The van der Waals surface area contributed by atoms with Gasteiger partial charge in [-0.05, 0) is 43.9 Å². The minimum atomic E-state index is -0.122. The Morgan fingerprint density at radius 2 is 2.05 bits per heavy atom. The number of amides is 2.